The molecule has 1 saturated heterocycles. The van der Waals surface area contributed by atoms with Crippen molar-refractivity contribution in [3.8, 4) is 0 Å². The van der Waals surface area contributed by atoms with Crippen LogP contribution in [0.3, 0.4) is 0 Å². The summed E-state index contributed by atoms with van der Waals surface area (Å²) in [5, 5.41) is 64.6. The van der Waals surface area contributed by atoms with Gasteiger partial charge < -0.3 is 44.8 Å². The Morgan fingerprint density at radius 3 is 2.22 bits per heavy atom. The molecule has 0 spiro atoms. The van der Waals surface area contributed by atoms with Crippen molar-refractivity contribution in [1.82, 2.24) is 0 Å². The summed E-state index contributed by atoms with van der Waals surface area (Å²) in [5.41, 5.74) is -6.62. The van der Waals surface area contributed by atoms with Crippen LogP contribution in [0, 0.1) is 39.4 Å². The highest BCUT2D eigenvalue weighted by Crippen LogP contribution is 2.73. The smallest absolute Gasteiger partial charge is 0.303 e. The minimum Gasteiger partial charge on any atom is -0.459 e. The van der Waals surface area contributed by atoms with Crippen LogP contribution >= 0.6 is 0 Å². The minimum absolute atomic E-state index is 0.0841. The highest BCUT2D eigenvalue weighted by Gasteiger charge is 2.74. The molecule has 0 aromatic rings. The van der Waals surface area contributed by atoms with E-state index in [1.807, 2.05) is 26.8 Å². The number of carbonyl (C=O) groups excluding carboxylic acids is 4. The SMILES string of the molecule is CC(=O)OC(C)(C)C=CC(=O)[C@@](C)(O)[C@H]1[C@H](O)C[C@@]2(C)[C@@H]3CC=C4[C@@H](C=C(OC5O[C@H](CO)[C@@H](O)[C@H](O)[C@H]5O)C(=O)C4(C)C)[C@]3(C)C(=O)C[C@]12C. The lowest BCUT2D eigenvalue weighted by molar-refractivity contribution is -0.291. The summed E-state index contributed by atoms with van der Waals surface area (Å²) < 4.78 is 16.7. The summed E-state index contributed by atoms with van der Waals surface area (Å²) >= 11 is 0. The number of ether oxygens (including phenoxy) is 3. The average Bonchev–Trinajstić information content (AvgIpc) is 3.22. The van der Waals surface area contributed by atoms with Crippen molar-refractivity contribution in [3.63, 3.8) is 0 Å². The zero-order valence-corrected chi connectivity index (χ0v) is 30.9. The molecule has 5 aliphatic rings. The molecule has 13 heteroatoms. The first-order valence-electron chi connectivity index (χ1n) is 17.6. The number of aliphatic hydroxyl groups is 6. The van der Waals surface area contributed by atoms with Gasteiger partial charge in [-0.25, -0.2) is 0 Å². The lowest BCUT2D eigenvalue weighted by atomic mass is 9.39. The molecule has 0 amide bonds. The van der Waals surface area contributed by atoms with Crippen LogP contribution in [0.1, 0.15) is 81.6 Å². The fourth-order valence-electron chi connectivity index (χ4n) is 10.3. The third kappa shape index (κ3) is 5.87. The molecular weight excluding hydrogens is 664 g/mol. The van der Waals surface area contributed by atoms with Gasteiger partial charge in [-0.15, -0.1) is 0 Å². The molecule has 0 bridgehead atoms. The molecule has 1 heterocycles. The van der Waals surface area contributed by atoms with Crippen LogP contribution in [0.15, 0.2) is 35.6 Å². The Hall–Kier alpha value is -2.78. The Labute approximate surface area is 298 Å². The van der Waals surface area contributed by atoms with Crippen molar-refractivity contribution in [2.75, 3.05) is 6.61 Å². The van der Waals surface area contributed by atoms with E-state index < -0.39 is 112 Å². The highest BCUT2D eigenvalue weighted by molar-refractivity contribution is 6.02. The zero-order chi connectivity index (χ0) is 38.4. The van der Waals surface area contributed by atoms with Gasteiger partial charge >= 0.3 is 5.97 Å². The lowest BCUT2D eigenvalue weighted by Gasteiger charge is -2.63. The van der Waals surface area contributed by atoms with Crippen molar-refractivity contribution in [2.45, 2.75) is 130 Å². The Morgan fingerprint density at radius 1 is 1.00 bits per heavy atom. The standard InChI is InChI=1S/C38H54O13/c1-18(40)51-33(2,3)13-12-25(42)38(9,48)30-21(41)15-35(6)24-11-10-19-20(37(24,8)26(43)16-36(30,35)7)14-22(31(47)34(19,4)5)49-32-29(46)28(45)27(44)23(17-39)50-32/h10,12-14,20-21,23-24,27-30,32,39,41,44-46,48H,11,15-17H2,1-9H3/t20-,21-,23-,24+,27-,28+,29-,30+,32?,35+,36-,37+,38-/m1/s1. The third-order valence-corrected chi connectivity index (χ3v) is 13.3. The molecule has 1 aliphatic heterocycles. The van der Waals surface area contributed by atoms with Crippen LogP contribution in [0.5, 0.6) is 0 Å². The summed E-state index contributed by atoms with van der Waals surface area (Å²) in [7, 11) is 0. The normalized spacial score (nSPS) is 43.3. The molecule has 4 aliphatic carbocycles. The van der Waals surface area contributed by atoms with E-state index in [-0.39, 0.29) is 24.4 Å². The first kappa shape index (κ1) is 39.4. The van der Waals surface area contributed by atoms with Gasteiger partial charge in [0.1, 0.15) is 41.4 Å². The van der Waals surface area contributed by atoms with Crippen molar-refractivity contribution < 1.29 is 64.0 Å². The predicted molar refractivity (Wildman–Crippen MR) is 180 cm³/mol. The van der Waals surface area contributed by atoms with Crippen LogP contribution in [-0.2, 0) is 33.4 Å². The molecular formula is C38H54O13. The summed E-state index contributed by atoms with van der Waals surface area (Å²) in [4.78, 5) is 53.9. The Morgan fingerprint density at radius 2 is 1.63 bits per heavy atom. The predicted octanol–water partition coefficient (Wildman–Crippen LogP) is 1.45. The van der Waals surface area contributed by atoms with Gasteiger partial charge in [-0.3, -0.25) is 19.2 Å². The van der Waals surface area contributed by atoms with Crippen LogP contribution in [-0.4, -0.2) is 109 Å². The summed E-state index contributed by atoms with van der Waals surface area (Å²) in [5.74, 6) is -4.17. The van der Waals surface area contributed by atoms with E-state index in [1.165, 1.54) is 19.9 Å². The van der Waals surface area contributed by atoms with Gasteiger partial charge in [0.2, 0.25) is 12.1 Å². The van der Waals surface area contributed by atoms with E-state index in [0.717, 1.165) is 6.08 Å². The highest BCUT2D eigenvalue weighted by atomic mass is 16.7. The van der Waals surface area contributed by atoms with E-state index in [0.29, 0.717) is 12.0 Å². The molecule has 0 radical (unpaired) electrons. The summed E-state index contributed by atoms with van der Waals surface area (Å²) in [6.45, 7) is 14.2. The summed E-state index contributed by atoms with van der Waals surface area (Å²) in [6, 6.07) is 0. The molecule has 3 fully saturated rings. The Balaban J connectivity index is 1.52. The van der Waals surface area contributed by atoms with Gasteiger partial charge in [0.25, 0.3) is 0 Å². The van der Waals surface area contributed by atoms with Gasteiger partial charge in [0, 0.05) is 30.6 Å². The van der Waals surface area contributed by atoms with Crippen molar-refractivity contribution in [3.05, 3.63) is 35.6 Å². The number of Topliss-reactive ketones (excluding diaryl/α,β-unsaturated/α-hetero) is 2. The second-order valence-corrected chi connectivity index (χ2v) is 17.2. The molecule has 0 aromatic heterocycles. The number of ketones is 3. The van der Waals surface area contributed by atoms with Crippen molar-refractivity contribution in [2.24, 2.45) is 39.4 Å². The maximum Gasteiger partial charge on any atom is 0.303 e. The molecule has 13 atom stereocenters. The average molecular weight is 719 g/mol. The number of allylic oxidation sites excluding steroid dienone is 4. The number of carbonyl (C=O) groups is 4. The van der Waals surface area contributed by atoms with Gasteiger partial charge in [0.15, 0.2) is 11.5 Å². The first-order chi connectivity index (χ1) is 23.3. The van der Waals surface area contributed by atoms with Gasteiger partial charge in [-0.1, -0.05) is 32.4 Å². The third-order valence-electron chi connectivity index (χ3n) is 13.3. The number of rotatable bonds is 8. The molecule has 6 N–H and O–H groups in total. The maximum absolute atomic E-state index is 14.8. The van der Waals surface area contributed by atoms with E-state index in [1.54, 1.807) is 33.8 Å². The fourth-order valence-corrected chi connectivity index (χ4v) is 10.3. The number of esters is 1. The van der Waals surface area contributed by atoms with Crippen LogP contribution < -0.4 is 0 Å². The van der Waals surface area contributed by atoms with Crippen molar-refractivity contribution >= 4 is 23.3 Å². The van der Waals surface area contributed by atoms with Crippen molar-refractivity contribution in [1.29, 1.82) is 0 Å². The number of hydrogen-bond acceptors (Lipinski definition) is 13. The Bertz CT molecular complexity index is 1570. The monoisotopic (exact) mass is 718 g/mol. The number of hydrogen-bond donors (Lipinski definition) is 6. The molecule has 51 heavy (non-hydrogen) atoms. The first-order valence-corrected chi connectivity index (χ1v) is 17.6. The van der Waals surface area contributed by atoms with E-state index in [4.69, 9.17) is 14.2 Å². The second-order valence-electron chi connectivity index (χ2n) is 17.2. The van der Waals surface area contributed by atoms with Crippen LogP contribution in [0.2, 0.25) is 0 Å². The van der Waals surface area contributed by atoms with Crippen LogP contribution in [0.25, 0.3) is 0 Å². The molecule has 13 nitrogen and oxygen atoms in total. The largest absolute Gasteiger partial charge is 0.459 e. The zero-order valence-electron chi connectivity index (χ0n) is 30.9. The molecule has 1 unspecified atom stereocenters. The fraction of sp³-hybridized carbons (Fsp3) is 0.737. The Kier molecular flexibility index (Phi) is 9.80. The van der Waals surface area contributed by atoms with E-state index in [9.17, 15) is 49.8 Å². The maximum atomic E-state index is 14.8. The number of fused-ring (bicyclic) bond motifs is 5. The number of aliphatic hydroxyl groups excluding tert-OH is 5. The summed E-state index contributed by atoms with van der Waals surface area (Å²) in [6.07, 6.45) is -2.57. The lowest BCUT2D eigenvalue weighted by Crippen LogP contribution is -2.64. The molecule has 2 saturated carbocycles. The van der Waals surface area contributed by atoms with Gasteiger partial charge in [0.05, 0.1) is 18.1 Å². The van der Waals surface area contributed by atoms with Crippen LogP contribution in [0.4, 0.5) is 0 Å². The quantitative estimate of drug-likeness (QED) is 0.119. The van der Waals surface area contributed by atoms with E-state index in [2.05, 4.69) is 0 Å². The van der Waals surface area contributed by atoms with E-state index >= 15 is 0 Å². The van der Waals surface area contributed by atoms with Gasteiger partial charge in [-0.05, 0) is 82.4 Å². The topological polar surface area (TPSA) is 217 Å². The van der Waals surface area contributed by atoms with Gasteiger partial charge in [-0.2, -0.15) is 0 Å². The molecule has 284 valence electrons. The molecule has 5 rings (SSSR count). The second kappa shape index (κ2) is 12.7. The molecule has 0 aromatic carbocycles. The minimum atomic E-state index is -2.09.